The maximum absolute atomic E-state index is 12.7. The molecule has 118 valence electrons. The molecule has 0 saturated carbocycles. The van der Waals surface area contributed by atoms with Crippen molar-refractivity contribution in [3.63, 3.8) is 0 Å². The van der Waals surface area contributed by atoms with E-state index in [1.807, 2.05) is 38.1 Å². The van der Waals surface area contributed by atoms with Gasteiger partial charge in [0.15, 0.2) is 0 Å². The fraction of sp³-hybridized carbons (Fsp3) is 0.500. The molecule has 2 aliphatic rings. The summed E-state index contributed by atoms with van der Waals surface area (Å²) in [7, 11) is 1.60. The lowest BCUT2D eigenvalue weighted by molar-refractivity contribution is -0.126. The van der Waals surface area contributed by atoms with E-state index in [1.165, 1.54) is 0 Å². The summed E-state index contributed by atoms with van der Waals surface area (Å²) in [5, 5.41) is 2.80. The van der Waals surface area contributed by atoms with Gasteiger partial charge in [-0.3, -0.25) is 9.59 Å². The van der Waals surface area contributed by atoms with Crippen molar-refractivity contribution in [2.45, 2.75) is 30.0 Å². The topological polar surface area (TPSA) is 58.6 Å². The summed E-state index contributed by atoms with van der Waals surface area (Å²) in [6.45, 7) is 4.95. The van der Waals surface area contributed by atoms with Crippen molar-refractivity contribution in [3.8, 4) is 0 Å². The number of carbonyl (C=O) groups excluding carboxylic acids is 2. The van der Waals surface area contributed by atoms with Crippen molar-refractivity contribution < 1.29 is 14.3 Å². The molecule has 2 atom stereocenters. The van der Waals surface area contributed by atoms with E-state index in [4.69, 9.17) is 4.74 Å². The van der Waals surface area contributed by atoms with Crippen molar-refractivity contribution in [2.75, 3.05) is 20.3 Å². The Bertz CT molecular complexity index is 617. The summed E-state index contributed by atoms with van der Waals surface area (Å²) < 4.78 is 4.64. The van der Waals surface area contributed by atoms with Gasteiger partial charge in [-0.25, -0.2) is 0 Å². The number of rotatable bonds is 4. The molecule has 1 aromatic rings. The number of nitrogens with zero attached hydrogens (tertiary/aromatic N) is 1. The van der Waals surface area contributed by atoms with Gasteiger partial charge in [-0.05, 0) is 25.5 Å². The molecule has 1 aromatic carbocycles. The fourth-order valence-electron chi connectivity index (χ4n) is 3.18. The number of amides is 2. The molecule has 1 N–H and O–H groups in total. The smallest absolute Gasteiger partial charge is 0.256 e. The van der Waals surface area contributed by atoms with Crippen molar-refractivity contribution in [1.29, 1.82) is 0 Å². The Hall–Kier alpha value is -1.53. The van der Waals surface area contributed by atoms with E-state index in [0.29, 0.717) is 18.7 Å². The number of hydrogen-bond acceptors (Lipinski definition) is 4. The maximum Gasteiger partial charge on any atom is 0.256 e. The van der Waals surface area contributed by atoms with Crippen LogP contribution in [0.1, 0.15) is 35.1 Å². The highest BCUT2D eigenvalue weighted by molar-refractivity contribution is 8.01. The third-order valence-electron chi connectivity index (χ3n) is 4.15. The molecular formula is C16H20N2O3S. The first-order valence-corrected chi connectivity index (χ1v) is 8.21. The number of methoxy groups -OCH3 is 1. The first kappa shape index (κ1) is 15.4. The van der Waals surface area contributed by atoms with Crippen LogP contribution in [0.15, 0.2) is 24.3 Å². The summed E-state index contributed by atoms with van der Waals surface area (Å²) in [6.07, 6.45) is 0. The van der Waals surface area contributed by atoms with Crippen LogP contribution in [0, 0.1) is 0 Å². The Balaban J connectivity index is 1.89. The molecule has 6 heteroatoms. The first-order valence-electron chi connectivity index (χ1n) is 7.33. The standard InChI is InChI=1S/C16H20N2O3S/c1-16(2)12(13(19)17-8-9-21-3)18-14(20)10-6-4-5-7-11(10)15(18)22-16/h4-7,12,15H,8-9H2,1-3H3,(H,17,19)/t12-,15-/m0/s1. The van der Waals surface area contributed by atoms with Gasteiger partial charge in [0.25, 0.3) is 5.91 Å². The molecule has 5 nitrogen and oxygen atoms in total. The molecule has 0 spiro atoms. The molecule has 0 unspecified atom stereocenters. The maximum atomic E-state index is 12.7. The van der Waals surface area contributed by atoms with Crippen LogP contribution in [0.4, 0.5) is 0 Å². The normalized spacial score (nSPS) is 25.0. The van der Waals surface area contributed by atoms with Crippen molar-refractivity contribution >= 4 is 23.6 Å². The number of benzene rings is 1. The predicted octanol–water partition coefficient (Wildman–Crippen LogP) is 1.80. The molecule has 2 aliphatic heterocycles. The second-order valence-corrected chi connectivity index (χ2v) is 7.79. The number of hydrogen-bond donors (Lipinski definition) is 1. The van der Waals surface area contributed by atoms with E-state index in [9.17, 15) is 9.59 Å². The average Bonchev–Trinajstić information content (AvgIpc) is 2.91. The molecule has 1 fully saturated rings. The van der Waals surface area contributed by atoms with Gasteiger partial charge in [-0.15, -0.1) is 11.8 Å². The Morgan fingerprint density at radius 1 is 1.41 bits per heavy atom. The second kappa shape index (κ2) is 5.59. The van der Waals surface area contributed by atoms with E-state index in [1.54, 1.807) is 23.8 Å². The van der Waals surface area contributed by atoms with Crippen molar-refractivity contribution in [2.24, 2.45) is 0 Å². The summed E-state index contributed by atoms with van der Waals surface area (Å²) in [4.78, 5) is 27.1. The lowest BCUT2D eigenvalue weighted by Gasteiger charge is -2.29. The van der Waals surface area contributed by atoms with Gasteiger partial charge in [0.05, 0.1) is 6.61 Å². The Morgan fingerprint density at radius 2 is 2.14 bits per heavy atom. The number of nitrogens with one attached hydrogen (secondary N) is 1. The van der Waals surface area contributed by atoms with Gasteiger partial charge in [0.2, 0.25) is 5.91 Å². The molecule has 3 rings (SSSR count). The van der Waals surface area contributed by atoms with Crippen LogP contribution in [0.2, 0.25) is 0 Å². The molecule has 1 saturated heterocycles. The average molecular weight is 320 g/mol. The zero-order valence-corrected chi connectivity index (χ0v) is 13.8. The number of fused-ring (bicyclic) bond motifs is 3. The van der Waals surface area contributed by atoms with Gasteiger partial charge in [0.1, 0.15) is 11.4 Å². The van der Waals surface area contributed by atoms with Crippen molar-refractivity contribution in [1.82, 2.24) is 10.2 Å². The molecule has 0 aliphatic carbocycles. The van der Waals surface area contributed by atoms with Gasteiger partial charge in [-0.2, -0.15) is 0 Å². The molecule has 0 radical (unpaired) electrons. The lowest BCUT2D eigenvalue weighted by atomic mass is 10.0. The van der Waals surface area contributed by atoms with E-state index >= 15 is 0 Å². The highest BCUT2D eigenvalue weighted by Crippen LogP contribution is 2.56. The summed E-state index contributed by atoms with van der Waals surface area (Å²) >= 11 is 1.67. The van der Waals surface area contributed by atoms with Crippen LogP contribution in [0.25, 0.3) is 0 Å². The molecule has 0 aromatic heterocycles. The number of ether oxygens (including phenoxy) is 1. The lowest BCUT2D eigenvalue weighted by Crippen LogP contribution is -2.52. The summed E-state index contributed by atoms with van der Waals surface area (Å²) in [5.41, 5.74) is 1.72. The summed E-state index contributed by atoms with van der Waals surface area (Å²) in [6, 6.07) is 7.15. The van der Waals surface area contributed by atoms with Crippen LogP contribution in [-0.4, -0.2) is 47.8 Å². The largest absolute Gasteiger partial charge is 0.383 e. The third-order valence-corrected chi connectivity index (χ3v) is 5.69. The van der Waals surface area contributed by atoms with E-state index < -0.39 is 6.04 Å². The second-order valence-electron chi connectivity index (χ2n) is 6.06. The van der Waals surface area contributed by atoms with Crippen LogP contribution >= 0.6 is 11.8 Å². The van der Waals surface area contributed by atoms with Crippen LogP contribution < -0.4 is 5.32 Å². The third kappa shape index (κ3) is 2.30. The molecule has 2 amide bonds. The zero-order chi connectivity index (χ0) is 15.9. The number of carbonyl (C=O) groups is 2. The van der Waals surface area contributed by atoms with E-state index in [0.717, 1.165) is 5.56 Å². The van der Waals surface area contributed by atoms with Gasteiger partial charge in [-0.1, -0.05) is 18.2 Å². The minimum Gasteiger partial charge on any atom is -0.383 e. The Labute approximate surface area is 134 Å². The monoisotopic (exact) mass is 320 g/mol. The highest BCUT2D eigenvalue weighted by atomic mass is 32.2. The molecule has 22 heavy (non-hydrogen) atoms. The number of thioether (sulfide) groups is 1. The fourth-order valence-corrected chi connectivity index (χ4v) is 4.77. The van der Waals surface area contributed by atoms with Crippen LogP contribution in [0.5, 0.6) is 0 Å². The van der Waals surface area contributed by atoms with E-state index in [2.05, 4.69) is 5.32 Å². The van der Waals surface area contributed by atoms with E-state index in [-0.39, 0.29) is 21.9 Å². The minimum absolute atomic E-state index is 0.0504. The Kier molecular flexibility index (Phi) is 3.91. The highest BCUT2D eigenvalue weighted by Gasteiger charge is 2.57. The molecule has 2 heterocycles. The minimum atomic E-state index is -0.473. The van der Waals surface area contributed by atoms with Crippen LogP contribution in [-0.2, 0) is 9.53 Å². The quantitative estimate of drug-likeness (QED) is 0.860. The zero-order valence-electron chi connectivity index (χ0n) is 13.0. The summed E-state index contributed by atoms with van der Waals surface area (Å²) in [5.74, 6) is -0.163. The predicted molar refractivity (Wildman–Crippen MR) is 85.7 cm³/mol. The SMILES string of the molecule is COCCNC(=O)[C@@H]1N2C(=O)c3ccccc3[C@@H]2SC1(C)C. The molecule has 0 bridgehead atoms. The molecular weight excluding hydrogens is 300 g/mol. The van der Waals surface area contributed by atoms with Gasteiger partial charge in [0, 0.05) is 24.0 Å². The van der Waals surface area contributed by atoms with Gasteiger partial charge < -0.3 is 15.0 Å². The van der Waals surface area contributed by atoms with Gasteiger partial charge >= 0.3 is 0 Å². The Morgan fingerprint density at radius 3 is 2.86 bits per heavy atom. The first-order chi connectivity index (χ1) is 10.5. The van der Waals surface area contributed by atoms with Crippen molar-refractivity contribution in [3.05, 3.63) is 35.4 Å². The van der Waals surface area contributed by atoms with Crippen LogP contribution in [0.3, 0.4) is 0 Å².